The highest BCUT2D eigenvalue weighted by Gasteiger charge is 2.07. The minimum atomic E-state index is -0.280. The second-order valence-corrected chi connectivity index (χ2v) is 6.72. The van der Waals surface area contributed by atoms with Gasteiger partial charge in [-0.3, -0.25) is 4.40 Å². The summed E-state index contributed by atoms with van der Waals surface area (Å²) in [5.41, 5.74) is 3.25. The Labute approximate surface area is 160 Å². The van der Waals surface area contributed by atoms with E-state index < -0.39 is 0 Å². The van der Waals surface area contributed by atoms with E-state index in [2.05, 4.69) is 20.6 Å². The molecular weight excluding hydrogens is 358 g/mol. The summed E-state index contributed by atoms with van der Waals surface area (Å²) >= 11 is 1.63. The molecule has 4 aromatic rings. The number of imidazole rings is 1. The van der Waals surface area contributed by atoms with Gasteiger partial charge >= 0.3 is 6.03 Å². The lowest BCUT2D eigenvalue weighted by molar-refractivity contribution is 0.262. The van der Waals surface area contributed by atoms with Gasteiger partial charge in [0.2, 0.25) is 5.78 Å². The number of carbonyl (C=O) groups is 1. The summed E-state index contributed by atoms with van der Waals surface area (Å²) in [5, 5.41) is 5.68. The molecule has 0 aliphatic rings. The number of urea groups is 1. The Balaban J connectivity index is 1.44. The van der Waals surface area contributed by atoms with Crippen molar-refractivity contribution in [2.24, 2.45) is 0 Å². The van der Waals surface area contributed by atoms with E-state index in [9.17, 15) is 4.79 Å². The largest absolute Gasteiger partial charge is 0.323 e. The zero-order valence-electron chi connectivity index (χ0n) is 14.6. The van der Waals surface area contributed by atoms with Crippen LogP contribution in [-0.2, 0) is 0 Å². The first-order valence-electron chi connectivity index (χ1n) is 8.33. The minimum Gasteiger partial charge on any atom is -0.308 e. The average molecular weight is 375 g/mol. The fourth-order valence-corrected chi connectivity index (χ4v) is 3.15. The Morgan fingerprint density at radius 1 is 1.04 bits per heavy atom. The number of rotatable bonds is 4. The molecule has 0 spiro atoms. The van der Waals surface area contributed by atoms with Crippen LogP contribution >= 0.6 is 11.8 Å². The van der Waals surface area contributed by atoms with E-state index >= 15 is 0 Å². The molecule has 0 aliphatic carbocycles. The Bertz CT molecular complexity index is 1060. The molecule has 4 rings (SSSR count). The van der Waals surface area contributed by atoms with Gasteiger partial charge in [-0.05, 0) is 42.7 Å². The average Bonchev–Trinajstić information content (AvgIpc) is 3.13. The first kappa shape index (κ1) is 17.1. The molecule has 0 saturated heterocycles. The Morgan fingerprint density at radius 3 is 2.63 bits per heavy atom. The maximum Gasteiger partial charge on any atom is 0.323 e. The normalized spacial score (nSPS) is 10.7. The summed E-state index contributed by atoms with van der Waals surface area (Å²) < 4.78 is 1.87. The summed E-state index contributed by atoms with van der Waals surface area (Å²) in [6, 6.07) is 16.8. The number of benzene rings is 2. The second-order valence-electron chi connectivity index (χ2n) is 5.84. The van der Waals surface area contributed by atoms with Gasteiger partial charge in [0.25, 0.3) is 0 Å². The van der Waals surface area contributed by atoms with Crippen molar-refractivity contribution in [3.05, 3.63) is 73.2 Å². The summed E-state index contributed by atoms with van der Waals surface area (Å²) in [4.78, 5) is 22.0. The van der Waals surface area contributed by atoms with Crippen molar-refractivity contribution >= 4 is 34.9 Å². The van der Waals surface area contributed by atoms with Crippen molar-refractivity contribution in [2.75, 3.05) is 16.9 Å². The van der Waals surface area contributed by atoms with Gasteiger partial charge in [-0.15, -0.1) is 11.8 Å². The lowest BCUT2D eigenvalue weighted by atomic mass is 10.1. The molecular formula is C20H17N5OS. The molecule has 0 radical (unpaired) electrons. The molecule has 27 heavy (non-hydrogen) atoms. The topological polar surface area (TPSA) is 71.3 Å². The van der Waals surface area contributed by atoms with E-state index in [1.807, 2.05) is 77.6 Å². The van der Waals surface area contributed by atoms with E-state index in [0.29, 0.717) is 11.5 Å². The molecule has 2 aromatic heterocycles. The third-order valence-corrected chi connectivity index (χ3v) is 4.73. The minimum absolute atomic E-state index is 0.280. The first-order valence-corrected chi connectivity index (χ1v) is 9.56. The predicted octanol–water partition coefficient (Wildman–Crippen LogP) is 4.76. The van der Waals surface area contributed by atoms with Gasteiger partial charge in [-0.2, -0.15) is 0 Å². The van der Waals surface area contributed by atoms with E-state index in [1.54, 1.807) is 18.0 Å². The van der Waals surface area contributed by atoms with Crippen LogP contribution < -0.4 is 10.6 Å². The Kier molecular flexibility index (Phi) is 4.76. The molecule has 0 atom stereocenters. The Hall–Kier alpha value is -3.32. The van der Waals surface area contributed by atoms with E-state index in [4.69, 9.17) is 0 Å². The number of hydrogen-bond donors (Lipinski definition) is 2. The van der Waals surface area contributed by atoms with E-state index in [1.165, 1.54) is 0 Å². The summed E-state index contributed by atoms with van der Waals surface area (Å²) in [6.07, 6.45) is 7.55. The fraction of sp³-hybridized carbons (Fsp3) is 0.0500. The lowest BCUT2D eigenvalue weighted by Gasteiger charge is -2.09. The summed E-state index contributed by atoms with van der Waals surface area (Å²) in [7, 11) is 0. The van der Waals surface area contributed by atoms with Crippen molar-refractivity contribution in [1.29, 1.82) is 0 Å². The highest BCUT2D eigenvalue weighted by Crippen LogP contribution is 2.22. The monoisotopic (exact) mass is 375 g/mol. The zero-order chi connectivity index (χ0) is 18.6. The number of thioether (sulfide) groups is 1. The van der Waals surface area contributed by atoms with Crippen molar-refractivity contribution in [1.82, 2.24) is 14.4 Å². The SMILES string of the molecule is CSc1cccc(NC(=O)Nc2ccc(-c3cn4cccnc4n3)cc2)c1. The van der Waals surface area contributed by atoms with Gasteiger partial charge < -0.3 is 10.6 Å². The summed E-state index contributed by atoms with van der Waals surface area (Å²) in [6.45, 7) is 0. The second kappa shape index (κ2) is 7.51. The molecule has 2 N–H and O–H groups in total. The smallest absolute Gasteiger partial charge is 0.308 e. The summed E-state index contributed by atoms with van der Waals surface area (Å²) in [5.74, 6) is 0.654. The molecule has 0 unspecified atom stereocenters. The van der Waals surface area contributed by atoms with Crippen LogP contribution in [0.4, 0.5) is 16.2 Å². The zero-order valence-corrected chi connectivity index (χ0v) is 15.4. The number of aromatic nitrogens is 3. The molecule has 2 aromatic carbocycles. The third kappa shape index (κ3) is 3.93. The number of nitrogens with zero attached hydrogens (tertiary/aromatic N) is 3. The van der Waals surface area contributed by atoms with E-state index in [0.717, 1.165) is 21.8 Å². The quantitative estimate of drug-likeness (QED) is 0.504. The van der Waals surface area contributed by atoms with E-state index in [-0.39, 0.29) is 6.03 Å². The molecule has 0 aliphatic heterocycles. The molecule has 0 saturated carbocycles. The van der Waals surface area contributed by atoms with Crippen molar-refractivity contribution < 1.29 is 4.79 Å². The maximum atomic E-state index is 12.2. The highest BCUT2D eigenvalue weighted by atomic mass is 32.2. The van der Waals surface area contributed by atoms with Crippen molar-refractivity contribution in [3.8, 4) is 11.3 Å². The molecule has 134 valence electrons. The van der Waals surface area contributed by atoms with Crippen LogP contribution in [0.5, 0.6) is 0 Å². The molecule has 0 fully saturated rings. The third-order valence-electron chi connectivity index (χ3n) is 4.00. The van der Waals surface area contributed by atoms with Gasteiger partial charge in [0, 0.05) is 40.4 Å². The number of nitrogens with one attached hydrogen (secondary N) is 2. The van der Waals surface area contributed by atoms with Gasteiger partial charge in [0.05, 0.1) is 5.69 Å². The van der Waals surface area contributed by atoms with Crippen LogP contribution in [-0.4, -0.2) is 26.7 Å². The van der Waals surface area contributed by atoms with Crippen LogP contribution in [0.25, 0.3) is 17.0 Å². The van der Waals surface area contributed by atoms with Gasteiger partial charge in [0.15, 0.2) is 0 Å². The number of hydrogen-bond acceptors (Lipinski definition) is 4. The molecule has 2 amide bonds. The standard InChI is InChI=1S/C20H17N5OS/c1-27-17-5-2-4-16(12-17)23-20(26)22-15-8-6-14(7-9-15)18-13-25-11-3-10-21-19(25)24-18/h2-13H,1H3,(H2,22,23,26). The number of anilines is 2. The van der Waals surface area contributed by atoms with Crippen LogP contribution in [0, 0.1) is 0 Å². The highest BCUT2D eigenvalue weighted by molar-refractivity contribution is 7.98. The molecule has 7 heteroatoms. The number of amides is 2. The van der Waals surface area contributed by atoms with Crippen LogP contribution in [0.1, 0.15) is 0 Å². The van der Waals surface area contributed by atoms with Crippen LogP contribution in [0.15, 0.2) is 78.1 Å². The molecule has 0 bridgehead atoms. The fourth-order valence-electron chi connectivity index (χ4n) is 2.69. The van der Waals surface area contributed by atoms with Gasteiger partial charge in [0.1, 0.15) is 0 Å². The Morgan fingerprint density at radius 2 is 1.85 bits per heavy atom. The molecule has 6 nitrogen and oxygen atoms in total. The predicted molar refractivity (Wildman–Crippen MR) is 109 cm³/mol. The number of fused-ring (bicyclic) bond motifs is 1. The molecule has 2 heterocycles. The number of carbonyl (C=O) groups excluding carboxylic acids is 1. The maximum absolute atomic E-state index is 12.2. The van der Waals surface area contributed by atoms with Crippen molar-refractivity contribution in [3.63, 3.8) is 0 Å². The van der Waals surface area contributed by atoms with Crippen molar-refractivity contribution in [2.45, 2.75) is 4.90 Å². The first-order chi connectivity index (χ1) is 13.2. The van der Waals surface area contributed by atoms with Gasteiger partial charge in [-0.1, -0.05) is 18.2 Å². The van der Waals surface area contributed by atoms with Gasteiger partial charge in [-0.25, -0.2) is 14.8 Å². The van der Waals surface area contributed by atoms with Crippen LogP contribution in [0.2, 0.25) is 0 Å². The lowest BCUT2D eigenvalue weighted by Crippen LogP contribution is -2.19. The van der Waals surface area contributed by atoms with Crippen LogP contribution in [0.3, 0.4) is 0 Å².